The van der Waals surface area contributed by atoms with Crippen molar-refractivity contribution in [2.24, 2.45) is 0 Å². The second-order valence-electron chi connectivity index (χ2n) is 7.48. The molecular formula is C26H31NO6. The van der Waals surface area contributed by atoms with Gasteiger partial charge in [0.25, 0.3) is 5.91 Å². The van der Waals surface area contributed by atoms with E-state index in [1.54, 1.807) is 25.2 Å². The first-order valence-corrected chi connectivity index (χ1v) is 10.8. The molecule has 1 heterocycles. The van der Waals surface area contributed by atoms with Crippen molar-refractivity contribution in [2.75, 3.05) is 47.1 Å². The van der Waals surface area contributed by atoms with E-state index in [2.05, 4.69) is 13.2 Å². The molecule has 3 rings (SSSR count). The number of rotatable bonds is 11. The quantitative estimate of drug-likeness (QED) is 0.476. The van der Waals surface area contributed by atoms with Crippen LogP contribution in [0.3, 0.4) is 0 Å². The third kappa shape index (κ3) is 6.29. The Labute approximate surface area is 195 Å². The lowest BCUT2D eigenvalue weighted by Crippen LogP contribution is -2.43. The summed E-state index contributed by atoms with van der Waals surface area (Å²) in [5, 5.41) is 0. The van der Waals surface area contributed by atoms with Gasteiger partial charge in [-0.05, 0) is 48.2 Å². The topological polar surface area (TPSA) is 66.5 Å². The lowest BCUT2D eigenvalue weighted by Gasteiger charge is -2.27. The van der Waals surface area contributed by atoms with Crippen LogP contribution in [0.5, 0.6) is 28.7 Å². The van der Waals surface area contributed by atoms with Crippen LogP contribution in [0.25, 0.3) is 0 Å². The summed E-state index contributed by atoms with van der Waals surface area (Å²) in [5.74, 6) is 2.24. The minimum atomic E-state index is -0.136. The Balaban J connectivity index is 1.91. The molecule has 0 N–H and O–H groups in total. The van der Waals surface area contributed by atoms with Gasteiger partial charge in [0, 0.05) is 13.1 Å². The number of ether oxygens (including phenoxy) is 5. The lowest BCUT2D eigenvalue weighted by atomic mass is 10.1. The Morgan fingerprint density at radius 1 is 0.939 bits per heavy atom. The van der Waals surface area contributed by atoms with Crippen LogP contribution in [0.1, 0.15) is 11.1 Å². The standard InChI is InChI=1S/C26H31NO6/c1-5-7-19-9-10-21(22(15-19)29-3)33-24-17-20(8-6-2)16-23(30-4)26(24)32-18-25(28)27-11-13-31-14-12-27/h5-6,9-10,15-17H,1-2,7-8,11-14,18H2,3-4H3. The van der Waals surface area contributed by atoms with E-state index >= 15 is 0 Å². The molecule has 0 bridgehead atoms. The Morgan fingerprint density at radius 3 is 2.24 bits per heavy atom. The average Bonchev–Trinajstić information content (AvgIpc) is 2.84. The summed E-state index contributed by atoms with van der Waals surface area (Å²) in [6, 6.07) is 9.41. The fourth-order valence-corrected chi connectivity index (χ4v) is 3.53. The smallest absolute Gasteiger partial charge is 0.260 e. The van der Waals surface area contributed by atoms with Crippen molar-refractivity contribution in [3.05, 3.63) is 66.8 Å². The van der Waals surface area contributed by atoms with E-state index in [-0.39, 0.29) is 12.5 Å². The van der Waals surface area contributed by atoms with Crippen LogP contribution in [0.15, 0.2) is 55.6 Å². The first-order chi connectivity index (χ1) is 16.1. The fourth-order valence-electron chi connectivity index (χ4n) is 3.53. The summed E-state index contributed by atoms with van der Waals surface area (Å²) in [5.41, 5.74) is 1.99. The minimum Gasteiger partial charge on any atom is -0.493 e. The number of morpholine rings is 1. The van der Waals surface area contributed by atoms with Crippen LogP contribution >= 0.6 is 0 Å². The predicted octanol–water partition coefficient (Wildman–Crippen LogP) is 4.19. The number of hydrogen-bond donors (Lipinski definition) is 0. The maximum Gasteiger partial charge on any atom is 0.260 e. The van der Waals surface area contributed by atoms with E-state index < -0.39 is 0 Å². The van der Waals surface area contributed by atoms with Crippen LogP contribution in [0, 0.1) is 0 Å². The SMILES string of the molecule is C=CCc1ccc(Oc2cc(CC=C)cc(OC)c2OCC(=O)N2CCOCC2)c(OC)c1. The zero-order chi connectivity index (χ0) is 23.6. The molecule has 0 aliphatic carbocycles. The van der Waals surface area contributed by atoms with Gasteiger partial charge in [0.2, 0.25) is 5.75 Å². The Morgan fingerprint density at radius 2 is 1.58 bits per heavy atom. The highest BCUT2D eigenvalue weighted by molar-refractivity contribution is 5.78. The molecule has 1 saturated heterocycles. The van der Waals surface area contributed by atoms with Crippen LogP contribution in [0.2, 0.25) is 0 Å². The van der Waals surface area contributed by atoms with Crippen molar-refractivity contribution in [1.29, 1.82) is 0 Å². The maximum absolute atomic E-state index is 12.6. The molecule has 176 valence electrons. The second kappa shape index (κ2) is 12.0. The summed E-state index contributed by atoms with van der Waals surface area (Å²) in [7, 11) is 3.14. The first-order valence-electron chi connectivity index (χ1n) is 10.8. The van der Waals surface area contributed by atoms with Crippen LogP contribution in [-0.4, -0.2) is 57.9 Å². The van der Waals surface area contributed by atoms with E-state index in [1.807, 2.05) is 36.4 Å². The molecule has 2 aromatic rings. The van der Waals surface area contributed by atoms with Gasteiger partial charge in [0.05, 0.1) is 27.4 Å². The molecule has 0 spiro atoms. The molecule has 1 aliphatic rings. The van der Waals surface area contributed by atoms with Crippen molar-refractivity contribution in [3.63, 3.8) is 0 Å². The largest absolute Gasteiger partial charge is 0.493 e. The number of hydrogen-bond acceptors (Lipinski definition) is 6. The van der Waals surface area contributed by atoms with Gasteiger partial charge >= 0.3 is 0 Å². The van der Waals surface area contributed by atoms with Gasteiger partial charge in [0.15, 0.2) is 29.6 Å². The van der Waals surface area contributed by atoms with Gasteiger partial charge in [0.1, 0.15) is 0 Å². The van der Waals surface area contributed by atoms with E-state index in [9.17, 15) is 4.79 Å². The summed E-state index contributed by atoms with van der Waals surface area (Å²) in [6.45, 7) is 9.62. The Bertz CT molecular complexity index is 981. The monoisotopic (exact) mass is 453 g/mol. The molecule has 1 amide bonds. The highest BCUT2D eigenvalue weighted by Gasteiger charge is 2.21. The van der Waals surface area contributed by atoms with Gasteiger partial charge in [-0.15, -0.1) is 13.2 Å². The molecule has 0 unspecified atom stereocenters. The zero-order valence-corrected chi connectivity index (χ0v) is 19.3. The summed E-state index contributed by atoms with van der Waals surface area (Å²) in [6.07, 6.45) is 4.97. The number of carbonyl (C=O) groups is 1. The molecule has 1 aliphatic heterocycles. The first kappa shape index (κ1) is 24.2. The highest BCUT2D eigenvalue weighted by Crippen LogP contribution is 2.43. The number of amides is 1. The Hall–Kier alpha value is -3.45. The van der Waals surface area contributed by atoms with Gasteiger partial charge in [-0.3, -0.25) is 4.79 Å². The predicted molar refractivity (Wildman–Crippen MR) is 127 cm³/mol. The number of benzene rings is 2. The van der Waals surface area contributed by atoms with Gasteiger partial charge in [-0.25, -0.2) is 0 Å². The summed E-state index contributed by atoms with van der Waals surface area (Å²) < 4.78 is 28.6. The van der Waals surface area contributed by atoms with E-state index in [4.69, 9.17) is 23.7 Å². The molecule has 7 heteroatoms. The molecule has 7 nitrogen and oxygen atoms in total. The number of methoxy groups -OCH3 is 2. The summed E-state index contributed by atoms with van der Waals surface area (Å²) >= 11 is 0. The molecule has 33 heavy (non-hydrogen) atoms. The molecule has 0 radical (unpaired) electrons. The van der Waals surface area contributed by atoms with E-state index in [0.29, 0.717) is 61.5 Å². The number of allylic oxidation sites excluding steroid dienone is 2. The maximum atomic E-state index is 12.6. The normalized spacial score (nSPS) is 13.2. The van der Waals surface area contributed by atoms with Crippen molar-refractivity contribution in [1.82, 2.24) is 4.90 Å². The molecular weight excluding hydrogens is 422 g/mol. The van der Waals surface area contributed by atoms with Crippen LogP contribution in [-0.2, 0) is 22.4 Å². The third-order valence-electron chi connectivity index (χ3n) is 5.21. The molecule has 1 fully saturated rings. The Kier molecular flexibility index (Phi) is 8.78. The van der Waals surface area contributed by atoms with Crippen LogP contribution in [0.4, 0.5) is 0 Å². The molecule has 2 aromatic carbocycles. The van der Waals surface area contributed by atoms with Crippen molar-refractivity contribution in [3.8, 4) is 28.7 Å². The molecule has 0 aromatic heterocycles. The van der Waals surface area contributed by atoms with Gasteiger partial charge in [-0.1, -0.05) is 18.2 Å². The molecule has 0 saturated carbocycles. The average molecular weight is 454 g/mol. The minimum absolute atomic E-state index is 0.118. The van der Waals surface area contributed by atoms with Crippen molar-refractivity contribution in [2.45, 2.75) is 12.8 Å². The second-order valence-corrected chi connectivity index (χ2v) is 7.48. The summed E-state index contributed by atoms with van der Waals surface area (Å²) in [4.78, 5) is 14.4. The lowest BCUT2D eigenvalue weighted by molar-refractivity contribution is -0.137. The van der Waals surface area contributed by atoms with Crippen molar-refractivity contribution < 1.29 is 28.5 Å². The number of carbonyl (C=O) groups excluding carboxylic acids is 1. The van der Waals surface area contributed by atoms with Crippen LogP contribution < -0.4 is 18.9 Å². The highest BCUT2D eigenvalue weighted by atomic mass is 16.6. The third-order valence-corrected chi connectivity index (χ3v) is 5.21. The zero-order valence-electron chi connectivity index (χ0n) is 19.3. The van der Waals surface area contributed by atoms with E-state index in [0.717, 1.165) is 17.5 Å². The van der Waals surface area contributed by atoms with E-state index in [1.165, 1.54) is 0 Å². The molecule has 0 atom stereocenters. The fraction of sp³-hybridized carbons (Fsp3) is 0.346. The van der Waals surface area contributed by atoms with Gasteiger partial charge in [-0.2, -0.15) is 0 Å². The van der Waals surface area contributed by atoms with Gasteiger partial charge < -0.3 is 28.6 Å². The van der Waals surface area contributed by atoms with Crippen molar-refractivity contribution >= 4 is 5.91 Å². The number of nitrogens with zero attached hydrogens (tertiary/aromatic N) is 1.